The van der Waals surface area contributed by atoms with Crippen molar-refractivity contribution in [2.45, 2.75) is 116 Å². The molecule has 1 fully saturated rings. The van der Waals surface area contributed by atoms with Gasteiger partial charge < -0.3 is 4.74 Å². The molecule has 1 aliphatic carbocycles. The number of ether oxygens (including phenoxy) is 1. The van der Waals surface area contributed by atoms with Crippen LogP contribution in [0.5, 0.6) is 0 Å². The molecule has 0 N–H and O–H groups in total. The summed E-state index contributed by atoms with van der Waals surface area (Å²) < 4.78 is 5.70. The van der Waals surface area contributed by atoms with Crippen molar-refractivity contribution in [1.29, 1.82) is 0 Å². The molecule has 2 heteroatoms. The molecule has 1 rings (SSSR count). The highest BCUT2D eigenvalue weighted by atomic mass is 79.9. The van der Waals surface area contributed by atoms with E-state index in [0.29, 0.717) is 6.10 Å². The Bertz CT molecular complexity index is 282. The van der Waals surface area contributed by atoms with Crippen LogP contribution in [-0.4, -0.2) is 18.5 Å². The highest BCUT2D eigenvalue weighted by Crippen LogP contribution is 2.33. The lowest BCUT2D eigenvalue weighted by Gasteiger charge is -2.28. The van der Waals surface area contributed by atoms with Gasteiger partial charge in [-0.2, -0.15) is 0 Å². The SMILES string of the molecule is CCCCC(CCCC(CC)C1CCCCC(CBr)CCCC1)OC. The van der Waals surface area contributed by atoms with Crippen LogP contribution in [0.2, 0.25) is 0 Å². The Morgan fingerprint density at radius 2 is 1.48 bits per heavy atom. The zero-order valence-corrected chi connectivity index (χ0v) is 19.0. The minimum Gasteiger partial charge on any atom is -0.381 e. The molecule has 2 unspecified atom stereocenters. The van der Waals surface area contributed by atoms with E-state index in [2.05, 4.69) is 29.8 Å². The summed E-state index contributed by atoms with van der Waals surface area (Å²) in [5.74, 6) is 2.88. The molecule has 2 atom stereocenters. The molecule has 0 heterocycles. The Balaban J connectivity index is 2.37. The average Bonchev–Trinajstić information content (AvgIpc) is 2.65. The zero-order valence-electron chi connectivity index (χ0n) is 17.4. The van der Waals surface area contributed by atoms with Gasteiger partial charge in [-0.1, -0.05) is 100 Å². The molecule has 0 aromatic carbocycles. The zero-order chi connectivity index (χ0) is 18.3. The summed E-state index contributed by atoms with van der Waals surface area (Å²) in [7, 11) is 1.90. The maximum Gasteiger partial charge on any atom is 0.0571 e. The fraction of sp³-hybridized carbons (Fsp3) is 1.00. The van der Waals surface area contributed by atoms with E-state index >= 15 is 0 Å². The Morgan fingerprint density at radius 3 is 2.00 bits per heavy atom. The van der Waals surface area contributed by atoms with Crippen molar-refractivity contribution in [3.05, 3.63) is 0 Å². The molecular weight excluding hydrogens is 372 g/mol. The predicted octanol–water partition coefficient (Wildman–Crippen LogP) is 8.15. The van der Waals surface area contributed by atoms with Crippen LogP contribution >= 0.6 is 15.9 Å². The van der Waals surface area contributed by atoms with Crippen molar-refractivity contribution in [3.63, 3.8) is 0 Å². The van der Waals surface area contributed by atoms with E-state index in [4.69, 9.17) is 4.74 Å². The number of hydrogen-bond donors (Lipinski definition) is 0. The molecule has 0 bridgehead atoms. The van der Waals surface area contributed by atoms with E-state index in [0.717, 1.165) is 17.8 Å². The van der Waals surface area contributed by atoms with E-state index in [-0.39, 0.29) is 0 Å². The van der Waals surface area contributed by atoms with Crippen molar-refractivity contribution in [2.75, 3.05) is 12.4 Å². The third-order valence-corrected chi connectivity index (χ3v) is 7.51. The van der Waals surface area contributed by atoms with Gasteiger partial charge in [0, 0.05) is 12.4 Å². The quantitative estimate of drug-likeness (QED) is 0.308. The lowest BCUT2D eigenvalue weighted by Crippen LogP contribution is -2.17. The standard InChI is InChI=1S/C23H45BrO/c1-4-6-17-23(25-3)18-11-16-21(5-2)22-14-9-7-12-20(19-24)13-8-10-15-22/h20-23H,4-19H2,1-3H3. The van der Waals surface area contributed by atoms with E-state index in [1.54, 1.807) is 0 Å². The van der Waals surface area contributed by atoms with Gasteiger partial charge in [0.15, 0.2) is 0 Å². The van der Waals surface area contributed by atoms with Crippen LogP contribution in [0.4, 0.5) is 0 Å². The Hall–Kier alpha value is 0.440. The van der Waals surface area contributed by atoms with Gasteiger partial charge in [0.1, 0.15) is 0 Å². The molecule has 0 spiro atoms. The van der Waals surface area contributed by atoms with Crippen LogP contribution in [0.15, 0.2) is 0 Å². The third-order valence-electron chi connectivity index (χ3n) is 6.60. The third kappa shape index (κ3) is 10.4. The van der Waals surface area contributed by atoms with Crippen LogP contribution in [0.1, 0.15) is 110 Å². The van der Waals surface area contributed by atoms with Gasteiger partial charge in [-0.3, -0.25) is 0 Å². The van der Waals surface area contributed by atoms with Gasteiger partial charge in [0.25, 0.3) is 0 Å². The summed E-state index contributed by atoms with van der Waals surface area (Å²) in [6.45, 7) is 4.70. The van der Waals surface area contributed by atoms with E-state index in [9.17, 15) is 0 Å². The fourth-order valence-electron chi connectivity index (χ4n) is 4.79. The second-order valence-electron chi connectivity index (χ2n) is 8.45. The second kappa shape index (κ2) is 15.5. The number of alkyl halides is 1. The molecule has 0 aliphatic heterocycles. The minimum atomic E-state index is 0.502. The number of methoxy groups -OCH3 is 1. The smallest absolute Gasteiger partial charge is 0.0571 e. The fourth-order valence-corrected chi connectivity index (χ4v) is 5.43. The molecule has 1 nitrogen and oxygen atoms in total. The number of hydrogen-bond acceptors (Lipinski definition) is 1. The first-order chi connectivity index (χ1) is 12.2. The van der Waals surface area contributed by atoms with Crippen molar-refractivity contribution in [2.24, 2.45) is 17.8 Å². The summed E-state index contributed by atoms with van der Waals surface area (Å²) in [5, 5.41) is 1.21. The van der Waals surface area contributed by atoms with Crippen LogP contribution in [0, 0.1) is 17.8 Å². The molecule has 0 aromatic heterocycles. The van der Waals surface area contributed by atoms with Crippen LogP contribution < -0.4 is 0 Å². The predicted molar refractivity (Wildman–Crippen MR) is 116 cm³/mol. The highest BCUT2D eigenvalue weighted by molar-refractivity contribution is 9.09. The first kappa shape index (κ1) is 23.5. The molecule has 1 aliphatic rings. The average molecular weight is 418 g/mol. The van der Waals surface area contributed by atoms with E-state index < -0.39 is 0 Å². The topological polar surface area (TPSA) is 9.23 Å². The van der Waals surface area contributed by atoms with Crippen molar-refractivity contribution in [3.8, 4) is 0 Å². The van der Waals surface area contributed by atoms with Gasteiger partial charge in [-0.15, -0.1) is 0 Å². The first-order valence-electron chi connectivity index (χ1n) is 11.3. The molecule has 25 heavy (non-hydrogen) atoms. The van der Waals surface area contributed by atoms with E-state index in [1.807, 2.05) is 7.11 Å². The minimum absolute atomic E-state index is 0.502. The molecule has 1 saturated carbocycles. The Morgan fingerprint density at radius 1 is 0.880 bits per heavy atom. The summed E-state index contributed by atoms with van der Waals surface area (Å²) in [6, 6.07) is 0. The van der Waals surface area contributed by atoms with Gasteiger partial charge in [0.05, 0.1) is 6.10 Å². The molecule has 150 valence electrons. The van der Waals surface area contributed by atoms with Crippen molar-refractivity contribution < 1.29 is 4.74 Å². The van der Waals surface area contributed by atoms with Crippen LogP contribution in [0.3, 0.4) is 0 Å². The summed E-state index contributed by atoms with van der Waals surface area (Å²) >= 11 is 3.71. The molecule has 0 amide bonds. The van der Waals surface area contributed by atoms with Crippen molar-refractivity contribution in [1.82, 2.24) is 0 Å². The Kier molecular flexibility index (Phi) is 14.6. The highest BCUT2D eigenvalue weighted by Gasteiger charge is 2.21. The van der Waals surface area contributed by atoms with Crippen LogP contribution in [0.25, 0.3) is 0 Å². The second-order valence-corrected chi connectivity index (χ2v) is 9.10. The number of rotatable bonds is 11. The monoisotopic (exact) mass is 416 g/mol. The lowest BCUT2D eigenvalue weighted by atomic mass is 9.78. The lowest BCUT2D eigenvalue weighted by molar-refractivity contribution is 0.0810. The number of halogens is 1. The summed E-state index contributed by atoms with van der Waals surface area (Å²) in [4.78, 5) is 0. The van der Waals surface area contributed by atoms with E-state index in [1.165, 1.54) is 102 Å². The maximum atomic E-state index is 5.70. The normalized spacial score (nSPS) is 25.4. The van der Waals surface area contributed by atoms with Gasteiger partial charge in [-0.05, 0) is 43.4 Å². The molecule has 0 saturated heterocycles. The van der Waals surface area contributed by atoms with Crippen LogP contribution in [-0.2, 0) is 4.74 Å². The largest absolute Gasteiger partial charge is 0.381 e. The maximum absolute atomic E-state index is 5.70. The molecular formula is C23H45BrO. The van der Waals surface area contributed by atoms with Gasteiger partial charge in [0.2, 0.25) is 0 Å². The first-order valence-corrected chi connectivity index (χ1v) is 12.5. The summed E-state index contributed by atoms with van der Waals surface area (Å²) in [6.07, 6.45) is 21.5. The van der Waals surface area contributed by atoms with Gasteiger partial charge >= 0.3 is 0 Å². The molecule has 0 radical (unpaired) electrons. The Labute approximate surface area is 167 Å². The van der Waals surface area contributed by atoms with Gasteiger partial charge in [-0.25, -0.2) is 0 Å². The molecule has 0 aromatic rings. The summed E-state index contributed by atoms with van der Waals surface area (Å²) in [5.41, 5.74) is 0. The number of unbranched alkanes of at least 4 members (excludes halogenated alkanes) is 1. The van der Waals surface area contributed by atoms with Crippen molar-refractivity contribution >= 4 is 15.9 Å².